The van der Waals surface area contributed by atoms with E-state index in [0.29, 0.717) is 12.1 Å². The predicted molar refractivity (Wildman–Crippen MR) is 90.3 cm³/mol. The topological polar surface area (TPSA) is 118 Å². The smallest absolute Gasteiger partial charge is 0.330 e. The fraction of sp³-hybridized carbons (Fsp3) is 0.294. The average molecular weight is 349 g/mol. The summed E-state index contributed by atoms with van der Waals surface area (Å²) in [5, 5.41) is 19.7. The third kappa shape index (κ3) is 4.09. The Hall–Kier alpha value is -3.03. The number of carboxylic acids is 1. The Kier molecular flexibility index (Phi) is 5.63. The summed E-state index contributed by atoms with van der Waals surface area (Å²) in [5.41, 5.74) is 5.88. The second-order valence-corrected chi connectivity index (χ2v) is 5.46. The number of ether oxygens (including phenoxy) is 2. The summed E-state index contributed by atoms with van der Waals surface area (Å²) in [7, 11) is 2.75. The number of aliphatic carboxylic acids is 1. The number of benzene rings is 1. The van der Waals surface area contributed by atoms with Gasteiger partial charge in [-0.3, -0.25) is 5.41 Å². The van der Waals surface area contributed by atoms with Crippen molar-refractivity contribution in [1.82, 2.24) is 5.32 Å². The normalized spacial score (nSPS) is 17.4. The summed E-state index contributed by atoms with van der Waals surface area (Å²) < 4.78 is 24.5. The van der Waals surface area contributed by atoms with E-state index in [4.69, 9.17) is 20.6 Å². The van der Waals surface area contributed by atoms with E-state index in [1.54, 1.807) is 18.2 Å². The molecule has 1 aliphatic rings. The van der Waals surface area contributed by atoms with Gasteiger partial charge in [-0.2, -0.15) is 0 Å². The summed E-state index contributed by atoms with van der Waals surface area (Å²) in [6.45, 7) is 0. The fourth-order valence-corrected chi connectivity index (χ4v) is 2.49. The minimum absolute atomic E-state index is 0.0345. The third-order valence-corrected chi connectivity index (χ3v) is 3.87. The Morgan fingerprint density at radius 3 is 2.52 bits per heavy atom. The number of allylic oxidation sites excluding steroid dienone is 2. The SMILES string of the molecule is COc1cc(F)c(C(NC2=CCC(C(=N)N)C=C2)C(=O)O)cc1OC. The first kappa shape index (κ1) is 18.3. The molecule has 0 radical (unpaired) electrons. The van der Waals surface area contributed by atoms with Crippen LogP contribution in [0.5, 0.6) is 11.5 Å². The van der Waals surface area contributed by atoms with Crippen molar-refractivity contribution in [2.75, 3.05) is 14.2 Å². The van der Waals surface area contributed by atoms with Gasteiger partial charge in [-0.05, 0) is 18.6 Å². The lowest BCUT2D eigenvalue weighted by atomic mass is 9.97. The molecule has 1 aromatic carbocycles. The summed E-state index contributed by atoms with van der Waals surface area (Å²) >= 11 is 0. The molecule has 2 atom stereocenters. The Morgan fingerprint density at radius 2 is 2.04 bits per heavy atom. The number of halogens is 1. The van der Waals surface area contributed by atoms with Crippen molar-refractivity contribution in [3.63, 3.8) is 0 Å². The van der Waals surface area contributed by atoms with E-state index in [1.165, 1.54) is 20.3 Å². The van der Waals surface area contributed by atoms with Crippen LogP contribution in [0, 0.1) is 17.1 Å². The Bertz CT molecular complexity index is 746. The maximum Gasteiger partial charge on any atom is 0.330 e. The van der Waals surface area contributed by atoms with Gasteiger partial charge < -0.3 is 25.6 Å². The molecule has 0 saturated heterocycles. The molecule has 0 bridgehead atoms. The van der Waals surface area contributed by atoms with Gasteiger partial charge in [-0.25, -0.2) is 9.18 Å². The molecule has 8 heteroatoms. The highest BCUT2D eigenvalue weighted by Crippen LogP contribution is 2.33. The van der Waals surface area contributed by atoms with Crippen molar-refractivity contribution in [2.24, 2.45) is 11.7 Å². The van der Waals surface area contributed by atoms with Gasteiger partial charge in [0.2, 0.25) is 0 Å². The minimum Gasteiger partial charge on any atom is -0.493 e. The van der Waals surface area contributed by atoms with E-state index >= 15 is 0 Å². The third-order valence-electron chi connectivity index (χ3n) is 3.87. The van der Waals surface area contributed by atoms with Gasteiger partial charge in [0.05, 0.1) is 20.1 Å². The number of rotatable bonds is 7. The second kappa shape index (κ2) is 7.69. The maximum atomic E-state index is 14.4. The standard InChI is InChI=1S/C17H20FN3O4/c1-24-13-7-11(12(18)8-14(13)25-2)15(17(22)23)21-10-5-3-9(4-6-10)16(19)20/h3,5-9,15,21H,4H2,1-2H3,(H3,19,20)(H,22,23). The molecule has 25 heavy (non-hydrogen) atoms. The number of hydrogen-bond acceptors (Lipinski definition) is 5. The van der Waals surface area contributed by atoms with Crippen LogP contribution in [0.1, 0.15) is 18.0 Å². The summed E-state index contributed by atoms with van der Waals surface area (Å²) in [6, 6.07) is 1.07. The molecular formula is C17H20FN3O4. The van der Waals surface area contributed by atoms with Crippen LogP contribution < -0.4 is 20.5 Å². The lowest BCUT2D eigenvalue weighted by Crippen LogP contribution is -2.30. The van der Waals surface area contributed by atoms with Gasteiger partial charge in [0.1, 0.15) is 5.82 Å². The van der Waals surface area contributed by atoms with Gasteiger partial charge >= 0.3 is 5.97 Å². The van der Waals surface area contributed by atoms with E-state index in [9.17, 15) is 14.3 Å². The lowest BCUT2D eigenvalue weighted by molar-refractivity contribution is -0.139. The van der Waals surface area contributed by atoms with E-state index in [2.05, 4.69) is 5.32 Å². The zero-order chi connectivity index (χ0) is 18.6. The van der Waals surface area contributed by atoms with Gasteiger partial charge in [-0.1, -0.05) is 12.2 Å². The highest BCUT2D eigenvalue weighted by molar-refractivity contribution is 5.82. The Balaban J connectivity index is 2.30. The first-order chi connectivity index (χ1) is 11.9. The summed E-state index contributed by atoms with van der Waals surface area (Å²) in [5.74, 6) is -1.74. The molecule has 1 aromatic rings. The Labute approximate surface area is 144 Å². The number of carboxylic acid groups (broad SMARTS) is 1. The molecular weight excluding hydrogens is 329 g/mol. The van der Waals surface area contributed by atoms with Gasteiger partial charge in [0.25, 0.3) is 0 Å². The van der Waals surface area contributed by atoms with Crippen LogP contribution >= 0.6 is 0 Å². The molecule has 134 valence electrons. The Morgan fingerprint density at radius 1 is 1.40 bits per heavy atom. The number of amidine groups is 1. The molecule has 0 aliphatic heterocycles. The van der Waals surface area contributed by atoms with E-state index in [0.717, 1.165) is 6.07 Å². The number of carbonyl (C=O) groups is 1. The molecule has 0 aromatic heterocycles. The zero-order valence-electron chi connectivity index (χ0n) is 13.9. The summed E-state index contributed by atoms with van der Waals surface area (Å²) in [4.78, 5) is 11.6. The summed E-state index contributed by atoms with van der Waals surface area (Å²) in [6.07, 6.45) is 5.52. The van der Waals surface area contributed by atoms with Crippen molar-refractivity contribution in [3.05, 3.63) is 47.4 Å². The predicted octanol–water partition coefficient (Wildman–Crippen LogP) is 1.95. The molecule has 0 amide bonds. The maximum absolute atomic E-state index is 14.4. The molecule has 2 unspecified atom stereocenters. The number of nitrogens with two attached hydrogens (primary N) is 1. The second-order valence-electron chi connectivity index (χ2n) is 5.46. The van der Waals surface area contributed by atoms with Crippen molar-refractivity contribution >= 4 is 11.8 Å². The van der Waals surface area contributed by atoms with Crippen molar-refractivity contribution in [3.8, 4) is 11.5 Å². The largest absolute Gasteiger partial charge is 0.493 e. The van der Waals surface area contributed by atoms with Crippen LogP contribution in [0.25, 0.3) is 0 Å². The quantitative estimate of drug-likeness (QED) is 0.441. The number of methoxy groups -OCH3 is 2. The molecule has 7 nitrogen and oxygen atoms in total. The molecule has 0 heterocycles. The highest BCUT2D eigenvalue weighted by atomic mass is 19.1. The molecule has 0 fully saturated rings. The van der Waals surface area contributed by atoms with Crippen LogP contribution in [0.2, 0.25) is 0 Å². The van der Waals surface area contributed by atoms with Crippen molar-refractivity contribution in [2.45, 2.75) is 12.5 Å². The zero-order valence-corrected chi connectivity index (χ0v) is 13.9. The first-order valence-electron chi connectivity index (χ1n) is 7.50. The highest BCUT2D eigenvalue weighted by Gasteiger charge is 2.26. The molecule has 2 rings (SSSR count). The van der Waals surface area contributed by atoms with E-state index in [-0.39, 0.29) is 28.8 Å². The van der Waals surface area contributed by atoms with Crippen molar-refractivity contribution in [1.29, 1.82) is 5.41 Å². The number of hydrogen-bond donors (Lipinski definition) is 4. The van der Waals surface area contributed by atoms with Gasteiger partial charge in [0, 0.05) is 23.2 Å². The van der Waals surface area contributed by atoms with Gasteiger partial charge in [-0.15, -0.1) is 0 Å². The first-order valence-corrected chi connectivity index (χ1v) is 7.50. The van der Waals surface area contributed by atoms with Crippen LogP contribution in [-0.2, 0) is 4.79 Å². The molecule has 5 N–H and O–H groups in total. The number of nitrogens with one attached hydrogen (secondary N) is 2. The average Bonchev–Trinajstić information content (AvgIpc) is 2.59. The van der Waals surface area contributed by atoms with Gasteiger partial charge in [0.15, 0.2) is 17.5 Å². The van der Waals surface area contributed by atoms with E-state index < -0.39 is 17.8 Å². The fourth-order valence-electron chi connectivity index (χ4n) is 2.49. The van der Waals surface area contributed by atoms with E-state index in [1.807, 2.05) is 0 Å². The van der Waals surface area contributed by atoms with Crippen LogP contribution in [0.15, 0.2) is 36.1 Å². The lowest BCUT2D eigenvalue weighted by Gasteiger charge is -2.21. The van der Waals surface area contributed by atoms with Crippen LogP contribution in [0.3, 0.4) is 0 Å². The molecule has 1 aliphatic carbocycles. The van der Waals surface area contributed by atoms with Crippen LogP contribution in [-0.4, -0.2) is 31.1 Å². The molecule has 0 saturated carbocycles. The minimum atomic E-state index is -1.32. The van der Waals surface area contributed by atoms with Crippen molar-refractivity contribution < 1.29 is 23.8 Å². The monoisotopic (exact) mass is 349 g/mol. The molecule has 0 spiro atoms. The van der Waals surface area contributed by atoms with Crippen LogP contribution in [0.4, 0.5) is 4.39 Å².